The summed E-state index contributed by atoms with van der Waals surface area (Å²) in [5, 5.41) is 27.1. The monoisotopic (exact) mass is 262 g/mol. The Kier molecular flexibility index (Phi) is 6.19. The number of rotatable bonds is 7. The highest BCUT2D eigenvalue weighted by Crippen LogP contribution is 2.35. The largest absolute Gasteiger partial charge is 0.469 e. The first-order chi connectivity index (χ1) is 7.13. The van der Waals surface area contributed by atoms with Crippen LogP contribution in [0.4, 0.5) is 4.39 Å². The lowest BCUT2D eigenvalue weighted by molar-refractivity contribution is -0.136. The van der Waals surface area contributed by atoms with Gasteiger partial charge in [0.25, 0.3) is 0 Å². The maximum atomic E-state index is 11.8. The molecule has 0 unspecified atom stereocenters. The van der Waals surface area contributed by atoms with E-state index in [1.807, 2.05) is 0 Å². The van der Waals surface area contributed by atoms with Gasteiger partial charge in [-0.3, -0.25) is 9.32 Å². The summed E-state index contributed by atoms with van der Waals surface area (Å²) < 4.78 is 25.8. The summed E-state index contributed by atoms with van der Waals surface area (Å²) in [6.45, 7) is -0.969. The molecule has 0 aliphatic carbocycles. The molecule has 0 aromatic heterocycles. The fraction of sp³-hybridized carbons (Fsp3) is 0.833. The topological polar surface area (TPSA) is 145 Å². The summed E-state index contributed by atoms with van der Waals surface area (Å²) in [6, 6.07) is -1.89. The number of carbonyl (C=O) groups excluding carboxylic acids is 1. The smallest absolute Gasteiger partial charge is 0.390 e. The highest BCUT2D eigenvalue weighted by atomic mass is 31.2. The molecule has 0 bridgehead atoms. The Labute approximate surface area is 89.5 Å². The maximum absolute atomic E-state index is 11.8. The van der Waals surface area contributed by atoms with Gasteiger partial charge in [0, 0.05) is 0 Å². The molecule has 3 atom stereocenters. The number of phosphoric acid groups is 1. The molecule has 0 radical (unpaired) electrons. The fourth-order valence-electron chi connectivity index (χ4n) is 0.814. The molecule has 96 valence electrons. The zero-order valence-corrected chi connectivity index (χ0v) is 8.83. The summed E-state index contributed by atoms with van der Waals surface area (Å²) >= 11 is 0. The van der Waals surface area contributed by atoms with Crippen molar-refractivity contribution in [3.63, 3.8) is 0 Å². The number of halogens is 1. The van der Waals surface area contributed by atoms with Crippen molar-refractivity contribution in [2.24, 2.45) is 0 Å². The molecule has 0 aromatic rings. The summed E-state index contributed by atoms with van der Waals surface area (Å²) in [5.41, 5.74) is 0. The van der Waals surface area contributed by atoms with E-state index in [9.17, 15) is 13.8 Å². The van der Waals surface area contributed by atoms with Crippen LogP contribution in [0.3, 0.4) is 0 Å². The number of aliphatic hydroxyl groups is 3. The lowest BCUT2D eigenvalue weighted by Gasteiger charge is -2.21. The first-order valence-corrected chi connectivity index (χ1v) is 5.59. The van der Waals surface area contributed by atoms with Gasteiger partial charge in [0.1, 0.15) is 12.2 Å². The number of aliphatic hydroxyl groups excluding tert-OH is 3. The van der Waals surface area contributed by atoms with E-state index in [1.165, 1.54) is 0 Å². The van der Waals surface area contributed by atoms with Gasteiger partial charge in [-0.1, -0.05) is 0 Å². The molecule has 0 amide bonds. The maximum Gasteiger partial charge on any atom is 0.469 e. The van der Waals surface area contributed by atoms with Crippen molar-refractivity contribution in [2.45, 2.75) is 24.7 Å². The Morgan fingerprint density at radius 3 is 2.12 bits per heavy atom. The number of carbonyl (C=O) groups is 1. The van der Waals surface area contributed by atoms with Crippen LogP contribution in [0.1, 0.15) is 6.42 Å². The molecule has 0 heterocycles. The van der Waals surface area contributed by atoms with Gasteiger partial charge >= 0.3 is 13.9 Å². The minimum atomic E-state index is -4.81. The summed E-state index contributed by atoms with van der Waals surface area (Å²) in [4.78, 5) is 26.4. The normalized spacial score (nSPS) is 17.9. The Hall–Kier alpha value is -0.410. The van der Waals surface area contributed by atoms with Gasteiger partial charge in [0.2, 0.25) is 0 Å². The van der Waals surface area contributed by atoms with E-state index in [-0.39, 0.29) is 0 Å². The van der Waals surface area contributed by atoms with Crippen LogP contribution < -0.4 is 0 Å². The lowest BCUT2D eigenvalue weighted by Crippen LogP contribution is -2.40. The summed E-state index contributed by atoms with van der Waals surface area (Å²) in [5.74, 6) is 0. The Bertz CT molecular complexity index is 278. The van der Waals surface area contributed by atoms with Gasteiger partial charge in [-0.2, -0.15) is 4.39 Å². The van der Waals surface area contributed by atoms with Crippen molar-refractivity contribution in [1.82, 2.24) is 0 Å². The molecule has 0 saturated heterocycles. The zero-order valence-electron chi connectivity index (χ0n) is 7.93. The van der Waals surface area contributed by atoms with E-state index in [2.05, 4.69) is 4.52 Å². The molecule has 16 heavy (non-hydrogen) atoms. The SMILES string of the molecule is O=C(F)C[C@@H](O)[C@H](O)[C@H](O)COP(=O)(O)O. The van der Waals surface area contributed by atoms with E-state index in [1.54, 1.807) is 0 Å². The average molecular weight is 262 g/mol. The van der Waals surface area contributed by atoms with Gasteiger partial charge in [0.15, 0.2) is 0 Å². The van der Waals surface area contributed by atoms with Crippen LogP contribution >= 0.6 is 7.82 Å². The first kappa shape index (κ1) is 15.6. The molecule has 8 nitrogen and oxygen atoms in total. The summed E-state index contributed by atoms with van der Waals surface area (Å²) in [6.07, 6.45) is -6.73. The van der Waals surface area contributed by atoms with Crippen LogP contribution in [0.2, 0.25) is 0 Å². The molecule has 0 aliphatic heterocycles. The van der Waals surface area contributed by atoms with Gasteiger partial charge in [-0.25, -0.2) is 4.57 Å². The lowest BCUT2D eigenvalue weighted by atomic mass is 10.1. The average Bonchev–Trinajstić information content (AvgIpc) is 2.10. The fourth-order valence-corrected chi connectivity index (χ4v) is 1.16. The predicted octanol–water partition coefficient (Wildman–Crippen LogP) is -1.94. The van der Waals surface area contributed by atoms with Crippen LogP contribution in [0.15, 0.2) is 0 Å². The van der Waals surface area contributed by atoms with Crippen LogP contribution in [-0.4, -0.2) is 56.1 Å². The number of hydrogen-bond acceptors (Lipinski definition) is 6. The minimum absolute atomic E-state index is 0.969. The molecular weight excluding hydrogens is 250 g/mol. The predicted molar refractivity (Wildman–Crippen MR) is 46.7 cm³/mol. The van der Waals surface area contributed by atoms with Crippen molar-refractivity contribution in [3.8, 4) is 0 Å². The Morgan fingerprint density at radius 2 is 1.75 bits per heavy atom. The number of phosphoric ester groups is 1. The van der Waals surface area contributed by atoms with E-state index in [0.717, 1.165) is 0 Å². The second kappa shape index (κ2) is 6.36. The third kappa shape index (κ3) is 6.96. The molecule has 0 aliphatic rings. The molecule has 0 aromatic carbocycles. The Balaban J connectivity index is 4.12. The quantitative estimate of drug-likeness (QED) is 0.263. The van der Waals surface area contributed by atoms with Gasteiger partial charge in [-0.05, 0) is 0 Å². The van der Waals surface area contributed by atoms with Crippen LogP contribution in [0.25, 0.3) is 0 Å². The van der Waals surface area contributed by atoms with E-state index >= 15 is 0 Å². The van der Waals surface area contributed by atoms with E-state index in [0.29, 0.717) is 0 Å². The first-order valence-electron chi connectivity index (χ1n) is 4.06. The van der Waals surface area contributed by atoms with Gasteiger partial charge in [0.05, 0.1) is 19.1 Å². The molecule has 0 fully saturated rings. The van der Waals surface area contributed by atoms with Crippen LogP contribution in [-0.2, 0) is 13.9 Å². The highest BCUT2D eigenvalue weighted by Gasteiger charge is 2.28. The van der Waals surface area contributed by atoms with Gasteiger partial charge < -0.3 is 25.1 Å². The third-order valence-corrected chi connectivity index (χ3v) is 2.06. The van der Waals surface area contributed by atoms with E-state index in [4.69, 9.17) is 25.1 Å². The van der Waals surface area contributed by atoms with Crippen molar-refractivity contribution in [3.05, 3.63) is 0 Å². The molecule has 0 spiro atoms. The van der Waals surface area contributed by atoms with Crippen molar-refractivity contribution in [2.75, 3.05) is 6.61 Å². The molecule has 0 rings (SSSR count). The second-order valence-corrected chi connectivity index (χ2v) is 4.21. The zero-order chi connectivity index (χ0) is 12.9. The molecular formula is C6H12FO8P. The summed E-state index contributed by atoms with van der Waals surface area (Å²) in [7, 11) is -4.81. The molecule has 0 saturated carbocycles. The molecule has 10 heteroatoms. The second-order valence-electron chi connectivity index (χ2n) is 2.97. The highest BCUT2D eigenvalue weighted by molar-refractivity contribution is 7.46. The number of hydrogen-bond donors (Lipinski definition) is 5. The van der Waals surface area contributed by atoms with Crippen molar-refractivity contribution < 1.29 is 43.4 Å². The van der Waals surface area contributed by atoms with Crippen molar-refractivity contribution in [1.29, 1.82) is 0 Å². The van der Waals surface area contributed by atoms with Crippen LogP contribution in [0.5, 0.6) is 0 Å². The minimum Gasteiger partial charge on any atom is -0.390 e. The van der Waals surface area contributed by atoms with Crippen molar-refractivity contribution >= 4 is 13.9 Å². The van der Waals surface area contributed by atoms with E-state index < -0.39 is 45.2 Å². The van der Waals surface area contributed by atoms with Crippen LogP contribution in [0, 0.1) is 0 Å². The third-order valence-electron chi connectivity index (χ3n) is 1.57. The Morgan fingerprint density at radius 1 is 1.25 bits per heavy atom. The van der Waals surface area contributed by atoms with Gasteiger partial charge in [-0.15, -0.1) is 0 Å². The molecule has 5 N–H and O–H groups in total. The standard InChI is InChI=1S/C6H12FO8P/c7-5(10)1-3(8)6(11)4(9)2-15-16(12,13)14/h3-4,6,8-9,11H,1-2H2,(H2,12,13,14)/t3-,4-,6+/m1/s1.